The van der Waals surface area contributed by atoms with Crippen molar-refractivity contribution in [3.63, 3.8) is 0 Å². The molecular formula is C16H16N2O3. The average Bonchev–Trinajstić information content (AvgIpc) is 2.54. The summed E-state index contributed by atoms with van der Waals surface area (Å²) < 4.78 is 11.3. The SMILES string of the molecule is CN(Cc1cccnc1)C(=O)C1COc2ccccc2O1. The van der Waals surface area contributed by atoms with E-state index in [-0.39, 0.29) is 12.5 Å². The van der Waals surface area contributed by atoms with Gasteiger partial charge >= 0.3 is 0 Å². The van der Waals surface area contributed by atoms with Gasteiger partial charge in [-0.1, -0.05) is 18.2 Å². The second kappa shape index (κ2) is 5.83. The fraction of sp³-hybridized carbons (Fsp3) is 0.250. The van der Waals surface area contributed by atoms with Crippen LogP contribution in [-0.4, -0.2) is 35.5 Å². The Morgan fingerprint density at radius 2 is 2.10 bits per heavy atom. The zero-order valence-corrected chi connectivity index (χ0v) is 11.7. The van der Waals surface area contributed by atoms with Crippen molar-refractivity contribution in [2.75, 3.05) is 13.7 Å². The van der Waals surface area contributed by atoms with E-state index in [1.54, 1.807) is 30.4 Å². The molecule has 5 nitrogen and oxygen atoms in total. The average molecular weight is 284 g/mol. The number of carbonyl (C=O) groups is 1. The normalized spacial score (nSPS) is 16.3. The van der Waals surface area contributed by atoms with Crippen molar-refractivity contribution in [1.82, 2.24) is 9.88 Å². The molecule has 2 aromatic rings. The number of amides is 1. The summed E-state index contributed by atoms with van der Waals surface area (Å²) in [5.41, 5.74) is 0.977. The van der Waals surface area contributed by atoms with Gasteiger partial charge in [0.25, 0.3) is 5.91 Å². The molecule has 0 bridgehead atoms. The van der Waals surface area contributed by atoms with Crippen molar-refractivity contribution in [3.05, 3.63) is 54.4 Å². The molecule has 0 fully saturated rings. The van der Waals surface area contributed by atoms with Crippen LogP contribution in [0.3, 0.4) is 0 Å². The Morgan fingerprint density at radius 3 is 2.86 bits per heavy atom. The van der Waals surface area contributed by atoms with E-state index in [0.29, 0.717) is 18.0 Å². The van der Waals surface area contributed by atoms with Crippen LogP contribution in [0.2, 0.25) is 0 Å². The Labute approximate surface area is 123 Å². The zero-order chi connectivity index (χ0) is 14.7. The van der Waals surface area contributed by atoms with E-state index in [1.807, 2.05) is 30.3 Å². The van der Waals surface area contributed by atoms with E-state index < -0.39 is 6.10 Å². The van der Waals surface area contributed by atoms with Crippen LogP contribution in [0, 0.1) is 0 Å². The molecule has 108 valence electrons. The number of pyridine rings is 1. The van der Waals surface area contributed by atoms with E-state index in [9.17, 15) is 4.79 Å². The van der Waals surface area contributed by atoms with E-state index in [0.717, 1.165) is 5.56 Å². The highest BCUT2D eigenvalue weighted by molar-refractivity contribution is 5.81. The van der Waals surface area contributed by atoms with E-state index in [2.05, 4.69) is 4.98 Å². The van der Waals surface area contributed by atoms with Crippen LogP contribution in [0.4, 0.5) is 0 Å². The Balaban J connectivity index is 1.66. The first-order valence-corrected chi connectivity index (χ1v) is 6.76. The highest BCUT2D eigenvalue weighted by atomic mass is 16.6. The van der Waals surface area contributed by atoms with Crippen LogP contribution in [0.5, 0.6) is 11.5 Å². The second-order valence-electron chi connectivity index (χ2n) is 4.92. The van der Waals surface area contributed by atoms with Crippen molar-refractivity contribution in [2.24, 2.45) is 0 Å². The van der Waals surface area contributed by atoms with Crippen molar-refractivity contribution in [1.29, 1.82) is 0 Å². The predicted octanol–water partition coefficient (Wildman–Crippen LogP) is 1.88. The maximum absolute atomic E-state index is 12.4. The molecule has 1 aliphatic heterocycles. The molecule has 0 radical (unpaired) electrons. The lowest BCUT2D eigenvalue weighted by atomic mass is 10.2. The molecular weight excluding hydrogens is 268 g/mol. The number of likely N-dealkylation sites (N-methyl/N-ethyl adjacent to an activating group) is 1. The summed E-state index contributed by atoms with van der Waals surface area (Å²) in [6, 6.07) is 11.1. The molecule has 0 saturated heterocycles. The Kier molecular flexibility index (Phi) is 3.73. The number of hydrogen-bond acceptors (Lipinski definition) is 4. The number of hydrogen-bond donors (Lipinski definition) is 0. The van der Waals surface area contributed by atoms with Gasteiger partial charge in [-0.15, -0.1) is 0 Å². The largest absolute Gasteiger partial charge is 0.485 e. The molecule has 0 saturated carbocycles. The van der Waals surface area contributed by atoms with Crippen molar-refractivity contribution in [2.45, 2.75) is 12.6 Å². The zero-order valence-electron chi connectivity index (χ0n) is 11.7. The highest BCUT2D eigenvalue weighted by Crippen LogP contribution is 2.31. The smallest absolute Gasteiger partial charge is 0.267 e. The fourth-order valence-electron chi connectivity index (χ4n) is 2.23. The molecule has 1 aromatic carbocycles. The van der Waals surface area contributed by atoms with Crippen LogP contribution >= 0.6 is 0 Å². The van der Waals surface area contributed by atoms with Gasteiger partial charge in [-0.05, 0) is 23.8 Å². The Morgan fingerprint density at radius 1 is 1.29 bits per heavy atom. The van der Waals surface area contributed by atoms with Gasteiger partial charge in [-0.25, -0.2) is 0 Å². The minimum atomic E-state index is -0.610. The van der Waals surface area contributed by atoms with Crippen molar-refractivity contribution >= 4 is 5.91 Å². The van der Waals surface area contributed by atoms with Crippen LogP contribution in [-0.2, 0) is 11.3 Å². The van der Waals surface area contributed by atoms with Gasteiger partial charge in [-0.2, -0.15) is 0 Å². The summed E-state index contributed by atoms with van der Waals surface area (Å²) in [5, 5.41) is 0. The first-order valence-electron chi connectivity index (χ1n) is 6.76. The van der Waals surface area contributed by atoms with E-state index in [1.165, 1.54) is 0 Å². The third-order valence-electron chi connectivity index (χ3n) is 3.30. The molecule has 3 rings (SSSR count). The van der Waals surface area contributed by atoms with Gasteiger partial charge in [0.15, 0.2) is 11.5 Å². The Hall–Kier alpha value is -2.56. The van der Waals surface area contributed by atoms with Gasteiger partial charge in [0, 0.05) is 26.0 Å². The molecule has 0 spiro atoms. The van der Waals surface area contributed by atoms with Crippen molar-refractivity contribution in [3.8, 4) is 11.5 Å². The number of benzene rings is 1. The topological polar surface area (TPSA) is 51.7 Å². The molecule has 1 atom stereocenters. The second-order valence-corrected chi connectivity index (χ2v) is 4.92. The molecule has 1 aromatic heterocycles. The molecule has 1 amide bonds. The summed E-state index contributed by atoms with van der Waals surface area (Å²) in [6.07, 6.45) is 2.85. The number of ether oxygens (including phenoxy) is 2. The molecule has 2 heterocycles. The molecule has 1 aliphatic rings. The van der Waals surface area contributed by atoms with Gasteiger partial charge in [0.05, 0.1) is 0 Å². The first kappa shape index (κ1) is 13.4. The number of rotatable bonds is 3. The maximum atomic E-state index is 12.4. The van der Waals surface area contributed by atoms with Crippen LogP contribution in [0.25, 0.3) is 0 Å². The van der Waals surface area contributed by atoms with E-state index in [4.69, 9.17) is 9.47 Å². The van der Waals surface area contributed by atoms with E-state index >= 15 is 0 Å². The lowest BCUT2D eigenvalue weighted by Gasteiger charge is -2.28. The maximum Gasteiger partial charge on any atom is 0.267 e. The standard InChI is InChI=1S/C16H16N2O3/c1-18(10-12-5-4-8-17-9-12)16(19)15-11-20-13-6-2-3-7-14(13)21-15/h2-9,15H,10-11H2,1H3. The number of nitrogens with zero attached hydrogens (tertiary/aromatic N) is 2. The molecule has 0 aliphatic carbocycles. The van der Waals surface area contributed by atoms with Crippen LogP contribution < -0.4 is 9.47 Å². The third-order valence-corrected chi connectivity index (χ3v) is 3.30. The van der Waals surface area contributed by atoms with Gasteiger partial charge in [-0.3, -0.25) is 9.78 Å². The summed E-state index contributed by atoms with van der Waals surface area (Å²) in [6.45, 7) is 0.724. The molecule has 21 heavy (non-hydrogen) atoms. The predicted molar refractivity (Wildman–Crippen MR) is 77.1 cm³/mol. The molecule has 1 unspecified atom stereocenters. The number of fused-ring (bicyclic) bond motifs is 1. The van der Waals surface area contributed by atoms with Crippen LogP contribution in [0.1, 0.15) is 5.56 Å². The number of carbonyl (C=O) groups excluding carboxylic acids is 1. The fourth-order valence-corrected chi connectivity index (χ4v) is 2.23. The summed E-state index contributed by atoms with van der Waals surface area (Å²) in [5.74, 6) is 1.18. The first-order chi connectivity index (χ1) is 10.2. The molecule has 5 heteroatoms. The third kappa shape index (κ3) is 2.97. The summed E-state index contributed by atoms with van der Waals surface area (Å²) in [4.78, 5) is 18.1. The quantitative estimate of drug-likeness (QED) is 0.863. The Bertz CT molecular complexity index is 630. The van der Waals surface area contributed by atoms with Crippen LogP contribution in [0.15, 0.2) is 48.8 Å². The minimum absolute atomic E-state index is 0.103. The minimum Gasteiger partial charge on any atom is -0.485 e. The van der Waals surface area contributed by atoms with Gasteiger partial charge < -0.3 is 14.4 Å². The highest BCUT2D eigenvalue weighted by Gasteiger charge is 2.29. The molecule has 0 N–H and O–H groups in total. The van der Waals surface area contributed by atoms with Crippen molar-refractivity contribution < 1.29 is 14.3 Å². The van der Waals surface area contributed by atoms with Gasteiger partial charge in [0.2, 0.25) is 6.10 Å². The summed E-state index contributed by atoms with van der Waals surface area (Å²) >= 11 is 0. The summed E-state index contributed by atoms with van der Waals surface area (Å²) in [7, 11) is 1.75. The monoisotopic (exact) mass is 284 g/mol. The number of para-hydroxylation sites is 2. The lowest BCUT2D eigenvalue weighted by Crippen LogP contribution is -2.44. The number of aromatic nitrogens is 1. The lowest BCUT2D eigenvalue weighted by molar-refractivity contribution is -0.140. The van der Waals surface area contributed by atoms with Gasteiger partial charge in [0.1, 0.15) is 6.61 Å².